The zero-order valence-electron chi connectivity index (χ0n) is 13.6. The van der Waals surface area contributed by atoms with E-state index in [1.807, 2.05) is 36.4 Å². The highest BCUT2D eigenvalue weighted by Gasteiger charge is 2.10. The number of hydrogen-bond acceptors (Lipinski definition) is 4. The molecule has 0 saturated heterocycles. The Morgan fingerprint density at radius 2 is 1.92 bits per heavy atom. The summed E-state index contributed by atoms with van der Waals surface area (Å²) >= 11 is 1.47. The van der Waals surface area contributed by atoms with E-state index in [4.69, 9.17) is 4.74 Å². The number of unbranched alkanes of at least 4 members (excludes halogenated alkanes) is 2. The van der Waals surface area contributed by atoms with Crippen molar-refractivity contribution in [2.24, 2.45) is 0 Å². The normalized spacial score (nSPS) is 10.7. The van der Waals surface area contributed by atoms with Gasteiger partial charge in [0.25, 0.3) is 5.91 Å². The summed E-state index contributed by atoms with van der Waals surface area (Å²) < 4.78 is 6.72. The summed E-state index contributed by atoms with van der Waals surface area (Å²) in [6, 6.07) is 15.0. The number of nitrogens with one attached hydrogen (secondary N) is 1. The number of para-hydroxylation sites is 1. The SMILES string of the molecule is CCCCCOc1ccc(C(=O)Nc2nc3ccccc3s2)cc1. The molecule has 0 radical (unpaired) electrons. The minimum Gasteiger partial charge on any atom is -0.494 e. The number of benzene rings is 2. The van der Waals surface area contributed by atoms with Crippen LogP contribution in [0.4, 0.5) is 5.13 Å². The van der Waals surface area contributed by atoms with Gasteiger partial charge in [-0.25, -0.2) is 4.98 Å². The lowest BCUT2D eigenvalue weighted by Gasteiger charge is -2.06. The Balaban J connectivity index is 1.60. The van der Waals surface area contributed by atoms with Gasteiger partial charge in [-0.3, -0.25) is 10.1 Å². The molecule has 1 N–H and O–H groups in total. The van der Waals surface area contributed by atoms with Crippen molar-refractivity contribution in [2.75, 3.05) is 11.9 Å². The van der Waals surface area contributed by atoms with Gasteiger partial charge in [0.15, 0.2) is 5.13 Å². The van der Waals surface area contributed by atoms with Gasteiger partial charge >= 0.3 is 0 Å². The molecule has 0 spiro atoms. The fraction of sp³-hybridized carbons (Fsp3) is 0.263. The Morgan fingerprint density at radius 1 is 1.12 bits per heavy atom. The van der Waals surface area contributed by atoms with E-state index in [2.05, 4.69) is 17.2 Å². The van der Waals surface area contributed by atoms with Crippen LogP contribution in [0, 0.1) is 0 Å². The van der Waals surface area contributed by atoms with Gasteiger partial charge in [0.05, 0.1) is 16.8 Å². The lowest BCUT2D eigenvalue weighted by atomic mass is 10.2. The average Bonchev–Trinajstić information content (AvgIpc) is 3.01. The Hall–Kier alpha value is -2.40. The number of nitrogens with zero attached hydrogens (tertiary/aromatic N) is 1. The van der Waals surface area contributed by atoms with Crippen LogP contribution in [0.5, 0.6) is 5.75 Å². The molecule has 0 fully saturated rings. The highest BCUT2D eigenvalue weighted by atomic mass is 32.1. The van der Waals surface area contributed by atoms with Gasteiger partial charge in [0, 0.05) is 5.56 Å². The number of hydrogen-bond donors (Lipinski definition) is 1. The first-order chi connectivity index (χ1) is 11.8. The second kappa shape index (κ2) is 7.93. The van der Waals surface area contributed by atoms with Crippen molar-refractivity contribution < 1.29 is 9.53 Å². The molecule has 0 unspecified atom stereocenters. The minimum absolute atomic E-state index is 0.161. The topological polar surface area (TPSA) is 51.2 Å². The highest BCUT2D eigenvalue weighted by molar-refractivity contribution is 7.22. The predicted octanol–water partition coefficient (Wildman–Crippen LogP) is 5.12. The van der Waals surface area contributed by atoms with Crippen LogP contribution < -0.4 is 10.1 Å². The number of carbonyl (C=O) groups is 1. The van der Waals surface area contributed by atoms with E-state index in [1.54, 1.807) is 12.1 Å². The maximum absolute atomic E-state index is 12.3. The van der Waals surface area contributed by atoms with Crippen molar-refractivity contribution in [2.45, 2.75) is 26.2 Å². The number of rotatable bonds is 7. The fourth-order valence-corrected chi connectivity index (χ4v) is 3.20. The third-order valence-corrected chi connectivity index (χ3v) is 4.60. The van der Waals surface area contributed by atoms with E-state index in [0.29, 0.717) is 17.3 Å². The highest BCUT2D eigenvalue weighted by Crippen LogP contribution is 2.25. The number of fused-ring (bicyclic) bond motifs is 1. The van der Waals surface area contributed by atoms with Crippen molar-refractivity contribution in [1.82, 2.24) is 4.98 Å². The first-order valence-electron chi connectivity index (χ1n) is 8.16. The number of ether oxygens (including phenoxy) is 1. The molecule has 4 nitrogen and oxygen atoms in total. The molecule has 0 aliphatic heterocycles. The average molecular weight is 340 g/mol. The Morgan fingerprint density at radius 3 is 2.67 bits per heavy atom. The fourth-order valence-electron chi connectivity index (χ4n) is 2.34. The van der Waals surface area contributed by atoms with Gasteiger partial charge in [0.2, 0.25) is 0 Å². The van der Waals surface area contributed by atoms with Crippen molar-refractivity contribution in [1.29, 1.82) is 0 Å². The summed E-state index contributed by atoms with van der Waals surface area (Å²) in [7, 11) is 0. The van der Waals surface area contributed by atoms with Crippen LogP contribution in [-0.4, -0.2) is 17.5 Å². The molecule has 5 heteroatoms. The third kappa shape index (κ3) is 4.11. The van der Waals surface area contributed by atoms with Crippen LogP contribution in [0.3, 0.4) is 0 Å². The number of aromatic nitrogens is 1. The smallest absolute Gasteiger partial charge is 0.257 e. The molecule has 1 aromatic heterocycles. The Bertz CT molecular complexity index is 779. The summed E-state index contributed by atoms with van der Waals surface area (Å²) in [5.74, 6) is 0.634. The summed E-state index contributed by atoms with van der Waals surface area (Å²) in [5, 5.41) is 3.47. The van der Waals surface area contributed by atoms with Crippen LogP contribution in [0.25, 0.3) is 10.2 Å². The molecule has 3 rings (SSSR count). The maximum atomic E-state index is 12.3. The van der Waals surface area contributed by atoms with Gasteiger partial charge in [0.1, 0.15) is 5.75 Å². The molecular formula is C19H20N2O2S. The van der Waals surface area contributed by atoms with Crippen molar-refractivity contribution in [3.05, 3.63) is 54.1 Å². The zero-order chi connectivity index (χ0) is 16.8. The molecule has 1 amide bonds. The van der Waals surface area contributed by atoms with Gasteiger partial charge < -0.3 is 4.74 Å². The zero-order valence-corrected chi connectivity index (χ0v) is 14.4. The number of amides is 1. The van der Waals surface area contributed by atoms with E-state index in [9.17, 15) is 4.79 Å². The number of anilines is 1. The summed E-state index contributed by atoms with van der Waals surface area (Å²) in [5.41, 5.74) is 1.49. The number of carbonyl (C=O) groups excluding carboxylic acids is 1. The van der Waals surface area contributed by atoms with Gasteiger partial charge in [-0.15, -0.1) is 0 Å². The molecule has 124 valence electrons. The molecular weight excluding hydrogens is 320 g/mol. The molecule has 2 aromatic carbocycles. The molecule has 1 heterocycles. The van der Waals surface area contributed by atoms with Crippen LogP contribution in [0.1, 0.15) is 36.5 Å². The summed E-state index contributed by atoms with van der Waals surface area (Å²) in [6.45, 7) is 2.88. The van der Waals surface area contributed by atoms with E-state index < -0.39 is 0 Å². The lowest BCUT2D eigenvalue weighted by molar-refractivity contribution is 0.102. The Labute approximate surface area is 145 Å². The van der Waals surface area contributed by atoms with Crippen molar-refractivity contribution >= 4 is 32.6 Å². The first kappa shape index (κ1) is 16.5. The van der Waals surface area contributed by atoms with Crippen molar-refractivity contribution in [3.63, 3.8) is 0 Å². The summed E-state index contributed by atoms with van der Waals surface area (Å²) in [4.78, 5) is 16.7. The monoisotopic (exact) mass is 340 g/mol. The standard InChI is InChI=1S/C19H20N2O2S/c1-2-3-6-13-23-15-11-9-14(10-12-15)18(22)21-19-20-16-7-4-5-8-17(16)24-19/h4-5,7-12H,2-3,6,13H2,1H3,(H,20,21,22). The van der Waals surface area contributed by atoms with Crippen molar-refractivity contribution in [3.8, 4) is 5.75 Å². The van der Waals surface area contributed by atoms with Crippen LogP contribution in [0.2, 0.25) is 0 Å². The van der Waals surface area contributed by atoms with Crippen LogP contribution >= 0.6 is 11.3 Å². The quantitative estimate of drug-likeness (QED) is 0.608. The molecule has 0 aliphatic carbocycles. The molecule has 0 atom stereocenters. The van der Waals surface area contributed by atoms with E-state index in [1.165, 1.54) is 24.2 Å². The second-order valence-electron chi connectivity index (χ2n) is 5.52. The molecule has 0 aliphatic rings. The number of thiazole rings is 1. The third-order valence-electron chi connectivity index (χ3n) is 3.65. The van der Waals surface area contributed by atoms with Crippen LogP contribution in [0.15, 0.2) is 48.5 Å². The molecule has 0 saturated carbocycles. The largest absolute Gasteiger partial charge is 0.494 e. The van der Waals surface area contributed by atoms with E-state index >= 15 is 0 Å². The molecule has 0 bridgehead atoms. The molecule has 24 heavy (non-hydrogen) atoms. The van der Waals surface area contributed by atoms with E-state index in [-0.39, 0.29) is 5.91 Å². The Kier molecular flexibility index (Phi) is 5.43. The van der Waals surface area contributed by atoms with Gasteiger partial charge in [-0.2, -0.15) is 0 Å². The summed E-state index contributed by atoms with van der Waals surface area (Å²) in [6.07, 6.45) is 3.40. The minimum atomic E-state index is -0.161. The predicted molar refractivity (Wildman–Crippen MR) is 99.0 cm³/mol. The van der Waals surface area contributed by atoms with Gasteiger partial charge in [-0.05, 0) is 42.8 Å². The second-order valence-corrected chi connectivity index (χ2v) is 6.55. The maximum Gasteiger partial charge on any atom is 0.257 e. The lowest BCUT2D eigenvalue weighted by Crippen LogP contribution is -2.11. The van der Waals surface area contributed by atoms with Gasteiger partial charge in [-0.1, -0.05) is 43.2 Å². The van der Waals surface area contributed by atoms with E-state index in [0.717, 1.165) is 22.4 Å². The molecule has 3 aromatic rings. The van der Waals surface area contributed by atoms with Crippen LogP contribution in [-0.2, 0) is 0 Å². The first-order valence-corrected chi connectivity index (χ1v) is 8.97.